The van der Waals surface area contributed by atoms with Crippen molar-refractivity contribution in [1.29, 1.82) is 0 Å². The standard InChI is InChI=1S/C25H18Cl2FNO4/c1-13-6-3-4-9-17(13)21-20(22(30)14-10-18(26)24(33-2)19(27)11-14)23(31)25(32)29(21)16-8-5-7-15(28)12-16/h3-12,21,30H,1-2H3/b22-20+. The number of nitrogens with zero attached hydrogens (tertiary/aromatic N) is 1. The first-order valence-electron chi connectivity index (χ1n) is 9.90. The Hall–Kier alpha value is -3.35. The molecule has 8 heteroatoms. The Labute approximate surface area is 199 Å². The van der Waals surface area contributed by atoms with Crippen molar-refractivity contribution in [3.63, 3.8) is 0 Å². The SMILES string of the molecule is COc1c(Cl)cc(/C(O)=C2\C(=O)C(=O)N(c3cccc(F)c3)C2c2ccccc2C)cc1Cl. The lowest BCUT2D eigenvalue weighted by molar-refractivity contribution is -0.132. The molecule has 33 heavy (non-hydrogen) atoms. The molecule has 4 rings (SSSR count). The summed E-state index contributed by atoms with van der Waals surface area (Å²) in [6.07, 6.45) is 0. The Morgan fingerprint density at radius 1 is 1.03 bits per heavy atom. The monoisotopic (exact) mass is 485 g/mol. The molecule has 1 fully saturated rings. The molecule has 1 unspecified atom stereocenters. The van der Waals surface area contributed by atoms with E-state index in [1.807, 2.05) is 19.1 Å². The fraction of sp³-hybridized carbons (Fsp3) is 0.120. The predicted molar refractivity (Wildman–Crippen MR) is 125 cm³/mol. The van der Waals surface area contributed by atoms with Gasteiger partial charge in [-0.2, -0.15) is 0 Å². The Kier molecular flexibility index (Phi) is 6.15. The van der Waals surface area contributed by atoms with Crippen LogP contribution in [0.15, 0.2) is 66.2 Å². The summed E-state index contributed by atoms with van der Waals surface area (Å²) in [5.41, 5.74) is 1.56. The Balaban J connectivity index is 1.99. The van der Waals surface area contributed by atoms with Gasteiger partial charge in [-0.05, 0) is 48.4 Å². The predicted octanol–water partition coefficient (Wildman–Crippen LogP) is 6.08. The maximum atomic E-state index is 14.0. The van der Waals surface area contributed by atoms with Crippen molar-refractivity contribution < 1.29 is 23.8 Å². The number of hydrogen-bond acceptors (Lipinski definition) is 4. The van der Waals surface area contributed by atoms with Crippen molar-refractivity contribution in [1.82, 2.24) is 0 Å². The summed E-state index contributed by atoms with van der Waals surface area (Å²) in [6, 6.07) is 14.3. The molecular weight excluding hydrogens is 468 g/mol. The Morgan fingerprint density at radius 2 is 1.70 bits per heavy atom. The number of aliphatic hydroxyl groups is 1. The van der Waals surface area contributed by atoms with E-state index in [-0.39, 0.29) is 32.6 Å². The van der Waals surface area contributed by atoms with Crippen LogP contribution in [-0.4, -0.2) is 23.9 Å². The van der Waals surface area contributed by atoms with Crippen LogP contribution < -0.4 is 9.64 Å². The van der Waals surface area contributed by atoms with Crippen LogP contribution >= 0.6 is 23.2 Å². The van der Waals surface area contributed by atoms with E-state index < -0.39 is 29.3 Å². The number of carbonyl (C=O) groups is 2. The van der Waals surface area contributed by atoms with E-state index in [0.29, 0.717) is 5.56 Å². The van der Waals surface area contributed by atoms with Gasteiger partial charge < -0.3 is 9.84 Å². The van der Waals surface area contributed by atoms with Gasteiger partial charge in [0, 0.05) is 11.3 Å². The number of ketones is 1. The van der Waals surface area contributed by atoms with Crippen LogP contribution in [0.5, 0.6) is 5.75 Å². The van der Waals surface area contributed by atoms with Crippen molar-refractivity contribution in [2.75, 3.05) is 12.0 Å². The van der Waals surface area contributed by atoms with E-state index in [1.54, 1.807) is 12.1 Å². The molecule has 1 aliphatic heterocycles. The van der Waals surface area contributed by atoms with Crippen LogP contribution in [0.4, 0.5) is 10.1 Å². The van der Waals surface area contributed by atoms with Crippen LogP contribution in [-0.2, 0) is 9.59 Å². The van der Waals surface area contributed by atoms with E-state index >= 15 is 0 Å². The highest BCUT2D eigenvalue weighted by atomic mass is 35.5. The van der Waals surface area contributed by atoms with Crippen LogP contribution in [0.25, 0.3) is 5.76 Å². The lowest BCUT2D eigenvalue weighted by atomic mass is 9.92. The van der Waals surface area contributed by atoms with Gasteiger partial charge in [0.1, 0.15) is 11.6 Å². The van der Waals surface area contributed by atoms with Crippen molar-refractivity contribution in [2.24, 2.45) is 0 Å². The van der Waals surface area contributed by atoms with E-state index in [2.05, 4.69) is 0 Å². The van der Waals surface area contributed by atoms with Crippen LogP contribution in [0.3, 0.4) is 0 Å². The van der Waals surface area contributed by atoms with Gasteiger partial charge in [0.2, 0.25) is 0 Å². The molecule has 3 aromatic rings. The smallest absolute Gasteiger partial charge is 0.300 e. The first-order valence-corrected chi connectivity index (χ1v) is 10.7. The Bertz CT molecular complexity index is 1300. The number of methoxy groups -OCH3 is 1. The van der Waals surface area contributed by atoms with Crippen LogP contribution in [0, 0.1) is 12.7 Å². The maximum absolute atomic E-state index is 14.0. The highest BCUT2D eigenvalue weighted by Gasteiger charge is 2.47. The zero-order valence-corrected chi connectivity index (χ0v) is 19.1. The molecule has 0 radical (unpaired) electrons. The van der Waals surface area contributed by atoms with Gasteiger partial charge in [-0.25, -0.2) is 4.39 Å². The number of aryl methyl sites for hydroxylation is 1. The number of amides is 1. The minimum absolute atomic E-state index is 0.123. The van der Waals surface area contributed by atoms with E-state index in [4.69, 9.17) is 27.9 Å². The van der Waals surface area contributed by atoms with E-state index in [1.165, 1.54) is 42.3 Å². The van der Waals surface area contributed by atoms with Gasteiger partial charge in [-0.3, -0.25) is 14.5 Å². The van der Waals surface area contributed by atoms with Gasteiger partial charge in [-0.1, -0.05) is 53.5 Å². The molecule has 1 saturated heterocycles. The molecule has 1 heterocycles. The summed E-state index contributed by atoms with van der Waals surface area (Å²) in [7, 11) is 1.40. The first kappa shape index (κ1) is 22.8. The lowest BCUT2D eigenvalue weighted by Crippen LogP contribution is -2.29. The number of halogens is 3. The molecule has 1 amide bonds. The summed E-state index contributed by atoms with van der Waals surface area (Å²) < 4.78 is 19.1. The highest BCUT2D eigenvalue weighted by Crippen LogP contribution is 2.44. The summed E-state index contributed by atoms with van der Waals surface area (Å²) in [5, 5.41) is 11.5. The average Bonchev–Trinajstić information content (AvgIpc) is 3.04. The Morgan fingerprint density at radius 3 is 2.30 bits per heavy atom. The highest BCUT2D eigenvalue weighted by molar-refractivity contribution is 6.51. The molecule has 3 aromatic carbocycles. The van der Waals surface area contributed by atoms with Crippen molar-refractivity contribution >= 4 is 46.3 Å². The largest absolute Gasteiger partial charge is 0.507 e. The quantitative estimate of drug-likeness (QED) is 0.276. The normalized spacial score (nSPS) is 17.5. The third-order valence-electron chi connectivity index (χ3n) is 5.49. The lowest BCUT2D eigenvalue weighted by Gasteiger charge is -2.26. The molecular formula is C25H18Cl2FNO4. The number of Topliss-reactive ketones (excluding diaryl/α,β-unsaturated/α-hetero) is 1. The second kappa shape index (κ2) is 8.89. The second-order valence-corrected chi connectivity index (χ2v) is 8.29. The number of benzene rings is 3. The fourth-order valence-electron chi connectivity index (χ4n) is 3.96. The zero-order valence-electron chi connectivity index (χ0n) is 17.6. The summed E-state index contributed by atoms with van der Waals surface area (Å²) in [6.45, 7) is 1.82. The topological polar surface area (TPSA) is 66.8 Å². The maximum Gasteiger partial charge on any atom is 0.300 e. The summed E-state index contributed by atoms with van der Waals surface area (Å²) in [4.78, 5) is 27.5. The van der Waals surface area contributed by atoms with Crippen LogP contribution in [0.2, 0.25) is 10.0 Å². The molecule has 0 aliphatic carbocycles. The van der Waals surface area contributed by atoms with Gasteiger partial charge in [0.15, 0.2) is 5.75 Å². The first-order chi connectivity index (χ1) is 15.7. The number of carbonyl (C=O) groups excluding carboxylic acids is 2. The van der Waals surface area contributed by atoms with E-state index in [9.17, 15) is 19.1 Å². The molecule has 5 nitrogen and oxygen atoms in total. The van der Waals surface area contributed by atoms with Gasteiger partial charge in [0.25, 0.3) is 11.7 Å². The van der Waals surface area contributed by atoms with Gasteiger partial charge in [-0.15, -0.1) is 0 Å². The minimum atomic E-state index is -0.993. The number of rotatable bonds is 4. The summed E-state index contributed by atoms with van der Waals surface area (Å²) >= 11 is 12.4. The summed E-state index contributed by atoms with van der Waals surface area (Å²) in [5.74, 6) is -2.60. The molecule has 0 saturated carbocycles. The van der Waals surface area contributed by atoms with E-state index in [0.717, 1.165) is 11.6 Å². The molecule has 1 N–H and O–H groups in total. The zero-order chi connectivity index (χ0) is 23.9. The number of hydrogen-bond donors (Lipinski definition) is 1. The van der Waals surface area contributed by atoms with Crippen molar-refractivity contribution in [3.05, 3.63) is 98.8 Å². The molecule has 1 atom stereocenters. The minimum Gasteiger partial charge on any atom is -0.507 e. The van der Waals surface area contributed by atoms with Crippen molar-refractivity contribution in [3.8, 4) is 5.75 Å². The second-order valence-electron chi connectivity index (χ2n) is 7.48. The number of aliphatic hydroxyl groups excluding tert-OH is 1. The number of anilines is 1. The number of ether oxygens (including phenoxy) is 1. The molecule has 168 valence electrons. The fourth-order valence-corrected chi connectivity index (χ4v) is 4.60. The third-order valence-corrected chi connectivity index (χ3v) is 6.05. The average molecular weight is 486 g/mol. The van der Waals surface area contributed by atoms with Gasteiger partial charge >= 0.3 is 0 Å². The molecule has 1 aliphatic rings. The third kappa shape index (κ3) is 3.96. The van der Waals surface area contributed by atoms with Crippen molar-refractivity contribution in [2.45, 2.75) is 13.0 Å². The van der Waals surface area contributed by atoms with Crippen LogP contribution in [0.1, 0.15) is 22.7 Å². The molecule has 0 spiro atoms. The molecule has 0 aromatic heterocycles. The molecule has 0 bridgehead atoms. The van der Waals surface area contributed by atoms with Gasteiger partial charge in [0.05, 0.1) is 28.8 Å².